The average Bonchev–Trinajstić information content (AvgIpc) is 2.55. The summed E-state index contributed by atoms with van der Waals surface area (Å²) in [6.45, 7) is 1.26. The Balaban J connectivity index is 1.91. The third-order valence-corrected chi connectivity index (χ3v) is 3.35. The fraction of sp³-hybridized carbons (Fsp3) is 0.176. The van der Waals surface area contributed by atoms with Gasteiger partial charge in [0.1, 0.15) is 0 Å². The molecular formula is C17H17N3O. The number of aliphatic hydroxyl groups excluding tert-OH is 1. The van der Waals surface area contributed by atoms with Crippen LogP contribution < -0.4 is 4.90 Å². The number of rotatable bonds is 5. The Morgan fingerprint density at radius 1 is 0.952 bits per heavy atom. The molecular weight excluding hydrogens is 262 g/mol. The quantitative estimate of drug-likeness (QED) is 0.780. The predicted octanol–water partition coefficient (Wildman–Crippen LogP) is 2.63. The highest BCUT2D eigenvalue weighted by atomic mass is 16.3. The smallest absolute Gasteiger partial charge is 0.226 e. The molecule has 0 fully saturated rings. The molecule has 3 aromatic rings. The topological polar surface area (TPSA) is 49.2 Å². The highest BCUT2D eigenvalue weighted by Gasteiger charge is 2.10. The van der Waals surface area contributed by atoms with Gasteiger partial charge in [0, 0.05) is 24.7 Å². The van der Waals surface area contributed by atoms with E-state index in [0.29, 0.717) is 19.0 Å². The van der Waals surface area contributed by atoms with E-state index in [-0.39, 0.29) is 6.61 Å². The van der Waals surface area contributed by atoms with Crippen LogP contribution in [-0.2, 0) is 6.54 Å². The Morgan fingerprint density at radius 3 is 2.52 bits per heavy atom. The number of hydrogen-bond acceptors (Lipinski definition) is 4. The van der Waals surface area contributed by atoms with E-state index in [2.05, 4.69) is 22.1 Å². The Labute approximate surface area is 123 Å². The second-order valence-corrected chi connectivity index (χ2v) is 4.86. The van der Waals surface area contributed by atoms with Gasteiger partial charge in [0.25, 0.3) is 0 Å². The molecule has 0 saturated carbocycles. The lowest BCUT2D eigenvalue weighted by Crippen LogP contribution is -2.27. The van der Waals surface area contributed by atoms with Gasteiger partial charge < -0.3 is 10.0 Å². The number of benzene rings is 2. The van der Waals surface area contributed by atoms with Gasteiger partial charge >= 0.3 is 0 Å². The zero-order valence-corrected chi connectivity index (χ0v) is 11.7. The maximum absolute atomic E-state index is 9.29. The van der Waals surface area contributed by atoms with Crippen molar-refractivity contribution < 1.29 is 5.11 Å². The Kier molecular flexibility index (Phi) is 4.07. The predicted molar refractivity (Wildman–Crippen MR) is 84.1 cm³/mol. The van der Waals surface area contributed by atoms with Gasteiger partial charge in [-0.05, 0) is 11.6 Å². The Hall–Kier alpha value is -2.46. The van der Waals surface area contributed by atoms with Crippen LogP contribution >= 0.6 is 0 Å². The van der Waals surface area contributed by atoms with Crippen molar-refractivity contribution in [2.75, 3.05) is 18.1 Å². The maximum atomic E-state index is 9.29. The molecule has 0 radical (unpaired) electrons. The third kappa shape index (κ3) is 3.17. The molecule has 4 heteroatoms. The number of anilines is 1. The summed E-state index contributed by atoms with van der Waals surface area (Å²) in [6.07, 6.45) is 1.83. The fourth-order valence-electron chi connectivity index (χ4n) is 2.29. The summed E-state index contributed by atoms with van der Waals surface area (Å²) in [4.78, 5) is 11.0. The van der Waals surface area contributed by atoms with E-state index in [4.69, 9.17) is 0 Å². The van der Waals surface area contributed by atoms with Gasteiger partial charge in [0.15, 0.2) is 0 Å². The van der Waals surface area contributed by atoms with E-state index in [0.717, 1.165) is 10.9 Å². The van der Waals surface area contributed by atoms with E-state index in [1.54, 1.807) is 0 Å². The molecule has 0 saturated heterocycles. The maximum Gasteiger partial charge on any atom is 0.226 e. The van der Waals surface area contributed by atoms with Gasteiger partial charge in [-0.15, -0.1) is 0 Å². The minimum absolute atomic E-state index is 0.0724. The zero-order chi connectivity index (χ0) is 14.5. The van der Waals surface area contributed by atoms with E-state index >= 15 is 0 Å². The van der Waals surface area contributed by atoms with Crippen molar-refractivity contribution in [3.05, 3.63) is 66.4 Å². The largest absolute Gasteiger partial charge is 0.395 e. The molecule has 1 aromatic heterocycles. The van der Waals surface area contributed by atoms with Crippen LogP contribution in [0.3, 0.4) is 0 Å². The number of para-hydroxylation sites is 1. The van der Waals surface area contributed by atoms with Crippen molar-refractivity contribution in [1.82, 2.24) is 9.97 Å². The first-order valence-electron chi connectivity index (χ1n) is 6.98. The Morgan fingerprint density at radius 2 is 1.71 bits per heavy atom. The van der Waals surface area contributed by atoms with Crippen molar-refractivity contribution in [3.8, 4) is 0 Å². The molecule has 0 aliphatic carbocycles. The van der Waals surface area contributed by atoms with Crippen molar-refractivity contribution in [1.29, 1.82) is 0 Å². The molecule has 0 atom stereocenters. The van der Waals surface area contributed by atoms with E-state index < -0.39 is 0 Å². The molecule has 2 aromatic carbocycles. The lowest BCUT2D eigenvalue weighted by Gasteiger charge is -2.21. The van der Waals surface area contributed by atoms with Crippen molar-refractivity contribution in [3.63, 3.8) is 0 Å². The number of fused-ring (bicyclic) bond motifs is 1. The molecule has 1 N–H and O–H groups in total. The highest BCUT2D eigenvalue weighted by Crippen LogP contribution is 2.16. The minimum atomic E-state index is 0.0724. The first-order valence-corrected chi connectivity index (χ1v) is 6.98. The van der Waals surface area contributed by atoms with Gasteiger partial charge in [0.2, 0.25) is 5.95 Å². The van der Waals surface area contributed by atoms with Gasteiger partial charge in [-0.25, -0.2) is 9.97 Å². The first-order chi connectivity index (χ1) is 10.4. The summed E-state index contributed by atoms with van der Waals surface area (Å²) in [5.74, 6) is 0.645. The van der Waals surface area contributed by atoms with Gasteiger partial charge in [-0.2, -0.15) is 0 Å². The number of hydrogen-bond donors (Lipinski definition) is 1. The van der Waals surface area contributed by atoms with Crippen molar-refractivity contribution >= 4 is 16.9 Å². The molecule has 0 spiro atoms. The van der Waals surface area contributed by atoms with Crippen LogP contribution in [0.25, 0.3) is 10.9 Å². The summed E-state index contributed by atoms with van der Waals surface area (Å²) in [7, 11) is 0. The van der Waals surface area contributed by atoms with Crippen LogP contribution in [0, 0.1) is 0 Å². The van der Waals surface area contributed by atoms with Crippen molar-refractivity contribution in [2.45, 2.75) is 6.54 Å². The number of aliphatic hydroxyl groups is 1. The molecule has 21 heavy (non-hydrogen) atoms. The minimum Gasteiger partial charge on any atom is -0.395 e. The number of nitrogens with zero attached hydrogens (tertiary/aromatic N) is 3. The molecule has 0 amide bonds. The van der Waals surface area contributed by atoms with Crippen LogP contribution in [0.4, 0.5) is 5.95 Å². The second kappa shape index (κ2) is 6.33. The summed E-state index contributed by atoms with van der Waals surface area (Å²) in [5.41, 5.74) is 2.08. The third-order valence-electron chi connectivity index (χ3n) is 3.35. The molecule has 106 valence electrons. The molecule has 4 nitrogen and oxygen atoms in total. The van der Waals surface area contributed by atoms with Crippen LogP contribution in [0.2, 0.25) is 0 Å². The van der Waals surface area contributed by atoms with Crippen molar-refractivity contribution in [2.24, 2.45) is 0 Å². The second-order valence-electron chi connectivity index (χ2n) is 4.86. The van der Waals surface area contributed by atoms with E-state index in [1.807, 2.05) is 53.6 Å². The van der Waals surface area contributed by atoms with Crippen LogP contribution in [0.15, 0.2) is 60.8 Å². The van der Waals surface area contributed by atoms with E-state index in [9.17, 15) is 5.11 Å². The molecule has 0 aliphatic heterocycles. The van der Waals surface area contributed by atoms with E-state index in [1.165, 1.54) is 5.56 Å². The van der Waals surface area contributed by atoms with Gasteiger partial charge in [-0.1, -0.05) is 48.5 Å². The average molecular weight is 279 g/mol. The van der Waals surface area contributed by atoms with Crippen LogP contribution in [0.5, 0.6) is 0 Å². The fourth-order valence-corrected chi connectivity index (χ4v) is 2.29. The van der Waals surface area contributed by atoms with Crippen LogP contribution in [-0.4, -0.2) is 28.2 Å². The first kappa shape index (κ1) is 13.5. The zero-order valence-electron chi connectivity index (χ0n) is 11.7. The molecule has 1 heterocycles. The Bertz CT molecular complexity index is 715. The summed E-state index contributed by atoms with van der Waals surface area (Å²) in [6, 6.07) is 18.0. The molecule has 0 unspecified atom stereocenters. The summed E-state index contributed by atoms with van der Waals surface area (Å²) >= 11 is 0. The molecule has 0 aliphatic rings. The van der Waals surface area contributed by atoms with Crippen LogP contribution in [0.1, 0.15) is 5.56 Å². The van der Waals surface area contributed by atoms with Gasteiger partial charge in [-0.3, -0.25) is 0 Å². The summed E-state index contributed by atoms with van der Waals surface area (Å²) in [5, 5.41) is 10.3. The molecule has 0 bridgehead atoms. The SMILES string of the molecule is OCCN(Cc1ccccc1)c1ncc2ccccc2n1. The number of aromatic nitrogens is 2. The molecule has 3 rings (SSSR count). The monoisotopic (exact) mass is 279 g/mol. The summed E-state index contributed by atoms with van der Waals surface area (Å²) < 4.78 is 0. The standard InChI is InChI=1S/C17H17N3O/c21-11-10-20(13-14-6-2-1-3-7-14)17-18-12-15-8-4-5-9-16(15)19-17/h1-9,12,21H,10-11,13H2. The normalized spacial score (nSPS) is 10.7. The van der Waals surface area contributed by atoms with Gasteiger partial charge in [0.05, 0.1) is 12.1 Å². The lowest BCUT2D eigenvalue weighted by molar-refractivity contribution is 0.301. The lowest BCUT2D eigenvalue weighted by atomic mass is 10.2. The highest BCUT2D eigenvalue weighted by molar-refractivity contribution is 5.78.